The molecule has 0 N–H and O–H groups in total. The van der Waals surface area contributed by atoms with Crippen molar-refractivity contribution >= 4 is 5.91 Å². The van der Waals surface area contributed by atoms with E-state index >= 15 is 0 Å². The number of benzene rings is 1. The van der Waals surface area contributed by atoms with E-state index < -0.39 is 0 Å². The Morgan fingerprint density at radius 2 is 1.80 bits per heavy atom. The Hall–Kier alpha value is -1.59. The third kappa shape index (κ3) is 4.73. The highest BCUT2D eigenvalue weighted by molar-refractivity contribution is 5.79. The predicted molar refractivity (Wildman–Crippen MR) is 98.0 cm³/mol. The van der Waals surface area contributed by atoms with Gasteiger partial charge in [-0.1, -0.05) is 19.1 Å². The van der Waals surface area contributed by atoms with Crippen molar-refractivity contribution in [2.45, 2.75) is 25.7 Å². The molecular formula is C20H30N2O3. The lowest BCUT2D eigenvalue weighted by Gasteiger charge is -2.36. The average molecular weight is 346 g/mol. The molecule has 3 rings (SSSR count). The first-order valence-corrected chi connectivity index (χ1v) is 9.40. The molecule has 2 fully saturated rings. The van der Waals surface area contributed by atoms with E-state index in [1.54, 1.807) is 7.11 Å². The number of hydrogen-bond donors (Lipinski definition) is 0. The Labute approximate surface area is 150 Å². The molecule has 5 heteroatoms. The molecule has 2 heterocycles. The van der Waals surface area contributed by atoms with E-state index in [0.29, 0.717) is 25.0 Å². The third-order valence-electron chi connectivity index (χ3n) is 5.48. The van der Waals surface area contributed by atoms with Gasteiger partial charge in [0.2, 0.25) is 5.91 Å². The lowest BCUT2D eigenvalue weighted by molar-refractivity contribution is -0.141. The lowest BCUT2D eigenvalue weighted by Crippen LogP contribution is -2.47. The maximum absolute atomic E-state index is 12.6. The van der Waals surface area contributed by atoms with E-state index in [9.17, 15) is 4.79 Å². The number of carbonyl (C=O) groups excluding carboxylic acids is 1. The highest BCUT2D eigenvalue weighted by atomic mass is 16.5. The first-order chi connectivity index (χ1) is 12.2. The molecule has 1 aromatic carbocycles. The summed E-state index contributed by atoms with van der Waals surface area (Å²) in [5.41, 5.74) is 1.34. The number of methoxy groups -OCH3 is 1. The summed E-state index contributed by atoms with van der Waals surface area (Å²) in [5, 5.41) is 0. The lowest BCUT2D eigenvalue weighted by atomic mass is 9.93. The number of ether oxygens (including phenoxy) is 2. The number of hydrogen-bond acceptors (Lipinski definition) is 4. The monoisotopic (exact) mass is 346 g/mol. The summed E-state index contributed by atoms with van der Waals surface area (Å²) < 4.78 is 10.6. The molecule has 0 unspecified atom stereocenters. The Morgan fingerprint density at radius 1 is 1.16 bits per heavy atom. The van der Waals surface area contributed by atoms with Crippen LogP contribution in [0.25, 0.3) is 0 Å². The second-order valence-corrected chi connectivity index (χ2v) is 7.19. The Kier molecular flexibility index (Phi) is 6.32. The molecule has 0 saturated carbocycles. The summed E-state index contributed by atoms with van der Waals surface area (Å²) in [5.74, 6) is 1.92. The molecular weight excluding hydrogens is 316 g/mol. The molecule has 5 nitrogen and oxygen atoms in total. The molecule has 2 aliphatic heterocycles. The first kappa shape index (κ1) is 18.2. The molecule has 1 amide bonds. The average Bonchev–Trinajstić information content (AvgIpc) is 2.68. The second kappa shape index (κ2) is 8.68. The van der Waals surface area contributed by atoms with Gasteiger partial charge in [0.25, 0.3) is 0 Å². The van der Waals surface area contributed by atoms with Gasteiger partial charge in [-0.05, 0) is 49.5 Å². The molecule has 0 radical (unpaired) electrons. The van der Waals surface area contributed by atoms with Gasteiger partial charge in [-0.15, -0.1) is 0 Å². The van der Waals surface area contributed by atoms with Gasteiger partial charge < -0.3 is 19.3 Å². The van der Waals surface area contributed by atoms with E-state index in [1.165, 1.54) is 5.56 Å². The smallest absolute Gasteiger partial charge is 0.225 e. The van der Waals surface area contributed by atoms with Gasteiger partial charge in [0.1, 0.15) is 5.75 Å². The maximum atomic E-state index is 12.6. The minimum absolute atomic E-state index is 0.200. The van der Waals surface area contributed by atoms with Gasteiger partial charge in [-0.3, -0.25) is 4.79 Å². The molecule has 25 heavy (non-hydrogen) atoms. The van der Waals surface area contributed by atoms with E-state index in [-0.39, 0.29) is 5.92 Å². The van der Waals surface area contributed by atoms with Crippen LogP contribution in [0.2, 0.25) is 0 Å². The fraction of sp³-hybridized carbons (Fsp3) is 0.650. The van der Waals surface area contributed by atoms with Crippen LogP contribution < -0.4 is 4.74 Å². The number of rotatable bonds is 5. The molecule has 0 aromatic heterocycles. The van der Waals surface area contributed by atoms with Crippen LogP contribution >= 0.6 is 0 Å². The molecule has 1 atom stereocenters. The van der Waals surface area contributed by atoms with Crippen LogP contribution in [0.5, 0.6) is 5.75 Å². The fourth-order valence-electron chi connectivity index (χ4n) is 3.83. The van der Waals surface area contributed by atoms with Gasteiger partial charge in [-0.25, -0.2) is 0 Å². The van der Waals surface area contributed by atoms with E-state index in [1.807, 2.05) is 17.0 Å². The van der Waals surface area contributed by atoms with Crippen LogP contribution in [0, 0.1) is 5.92 Å². The molecule has 0 spiro atoms. The standard InChI is InChI=1S/C20H30N2O3/c1-16(17-3-5-19(24-2)6-4-17)15-21-9-7-18(8-10-21)20(23)22-11-13-25-14-12-22/h3-6,16,18H,7-15H2,1-2H3/t16-/m1/s1. The zero-order valence-electron chi connectivity index (χ0n) is 15.4. The number of likely N-dealkylation sites (tertiary alicyclic amines) is 1. The summed E-state index contributed by atoms with van der Waals surface area (Å²) in [6.45, 7) is 8.23. The topological polar surface area (TPSA) is 42.0 Å². The van der Waals surface area contributed by atoms with Crippen LogP contribution in [-0.4, -0.2) is 68.8 Å². The second-order valence-electron chi connectivity index (χ2n) is 7.19. The van der Waals surface area contributed by atoms with Crippen molar-refractivity contribution in [2.24, 2.45) is 5.92 Å². The largest absolute Gasteiger partial charge is 0.497 e. The van der Waals surface area contributed by atoms with E-state index in [0.717, 1.165) is 51.3 Å². The van der Waals surface area contributed by atoms with E-state index in [4.69, 9.17) is 9.47 Å². The minimum Gasteiger partial charge on any atom is -0.497 e. The van der Waals surface area contributed by atoms with Crippen molar-refractivity contribution in [1.82, 2.24) is 9.80 Å². The predicted octanol–water partition coefficient (Wildman–Crippen LogP) is 2.37. The third-order valence-corrected chi connectivity index (χ3v) is 5.48. The number of morpholine rings is 1. The number of carbonyl (C=O) groups is 1. The normalized spacial score (nSPS) is 21.1. The fourth-order valence-corrected chi connectivity index (χ4v) is 3.83. The molecule has 1 aromatic rings. The number of amides is 1. The first-order valence-electron chi connectivity index (χ1n) is 9.40. The van der Waals surface area contributed by atoms with Crippen molar-refractivity contribution in [3.63, 3.8) is 0 Å². The van der Waals surface area contributed by atoms with Crippen molar-refractivity contribution < 1.29 is 14.3 Å². The molecule has 0 bridgehead atoms. The summed E-state index contributed by atoms with van der Waals surface area (Å²) in [6, 6.07) is 8.36. The van der Waals surface area contributed by atoms with Crippen molar-refractivity contribution in [2.75, 3.05) is 53.0 Å². The van der Waals surface area contributed by atoms with Crippen LogP contribution in [0.4, 0.5) is 0 Å². The van der Waals surface area contributed by atoms with Gasteiger partial charge >= 0.3 is 0 Å². The quantitative estimate of drug-likeness (QED) is 0.821. The molecule has 138 valence electrons. The van der Waals surface area contributed by atoms with Crippen LogP contribution in [-0.2, 0) is 9.53 Å². The van der Waals surface area contributed by atoms with Crippen LogP contribution in [0.15, 0.2) is 24.3 Å². The van der Waals surface area contributed by atoms with Crippen molar-refractivity contribution in [3.8, 4) is 5.75 Å². The van der Waals surface area contributed by atoms with Crippen LogP contribution in [0.3, 0.4) is 0 Å². The highest BCUT2D eigenvalue weighted by Gasteiger charge is 2.29. The van der Waals surface area contributed by atoms with Crippen LogP contribution in [0.1, 0.15) is 31.2 Å². The number of piperidine rings is 1. The van der Waals surface area contributed by atoms with Crippen molar-refractivity contribution in [3.05, 3.63) is 29.8 Å². The summed E-state index contributed by atoms with van der Waals surface area (Å²) in [7, 11) is 1.70. The zero-order chi connectivity index (χ0) is 17.6. The van der Waals surface area contributed by atoms with Gasteiger partial charge in [0.15, 0.2) is 0 Å². The van der Waals surface area contributed by atoms with Gasteiger partial charge in [-0.2, -0.15) is 0 Å². The van der Waals surface area contributed by atoms with Gasteiger partial charge in [0.05, 0.1) is 20.3 Å². The Morgan fingerprint density at radius 3 is 2.40 bits per heavy atom. The minimum atomic E-state index is 0.200. The summed E-state index contributed by atoms with van der Waals surface area (Å²) in [4.78, 5) is 17.1. The van der Waals surface area contributed by atoms with Crippen molar-refractivity contribution in [1.29, 1.82) is 0 Å². The SMILES string of the molecule is COc1ccc([C@H](C)CN2CCC(C(=O)N3CCOCC3)CC2)cc1. The zero-order valence-corrected chi connectivity index (χ0v) is 15.4. The maximum Gasteiger partial charge on any atom is 0.225 e. The molecule has 2 aliphatic rings. The Balaban J connectivity index is 1.46. The highest BCUT2D eigenvalue weighted by Crippen LogP contribution is 2.24. The van der Waals surface area contributed by atoms with Gasteiger partial charge in [0, 0.05) is 25.6 Å². The molecule has 2 saturated heterocycles. The van der Waals surface area contributed by atoms with E-state index in [2.05, 4.69) is 24.0 Å². The number of nitrogens with zero attached hydrogens (tertiary/aromatic N) is 2. The molecule has 0 aliphatic carbocycles. The Bertz CT molecular complexity index is 547. The summed E-state index contributed by atoms with van der Waals surface area (Å²) in [6.07, 6.45) is 1.96. The summed E-state index contributed by atoms with van der Waals surface area (Å²) >= 11 is 0.